The molecule has 0 aromatic carbocycles. The maximum Gasteiger partial charge on any atom is 0.159 e. The van der Waals surface area contributed by atoms with Gasteiger partial charge in [0, 0.05) is 24.7 Å². The molecular weight excluding hydrogens is 242 g/mol. The number of rotatable bonds is 5. The van der Waals surface area contributed by atoms with E-state index in [0.717, 1.165) is 28.8 Å². The van der Waals surface area contributed by atoms with Crippen molar-refractivity contribution >= 4 is 23.3 Å². The minimum Gasteiger partial charge on any atom is -0.310 e. The zero-order valence-electron chi connectivity index (χ0n) is 11.0. The maximum absolute atomic E-state index is 5.45. The average Bonchev–Trinajstić information content (AvgIpc) is 2.41. The molecule has 0 aliphatic rings. The van der Waals surface area contributed by atoms with Crippen molar-refractivity contribution in [2.75, 3.05) is 18.1 Å². The van der Waals surface area contributed by atoms with Crippen molar-refractivity contribution < 1.29 is 0 Å². The van der Waals surface area contributed by atoms with Crippen molar-refractivity contribution in [1.82, 2.24) is 9.66 Å². The smallest absolute Gasteiger partial charge is 0.159 e. The Labute approximate surface area is 113 Å². The standard InChI is InChI=1S/C14H19N3S/c1-3-5-11-16(4-2)17-13(18)9-8-12-7-6-10-15-14(12)17/h6-10H,3-5,11H2,1-2H3. The van der Waals surface area contributed by atoms with Gasteiger partial charge in [-0.25, -0.2) is 9.66 Å². The van der Waals surface area contributed by atoms with E-state index in [0.29, 0.717) is 0 Å². The zero-order valence-corrected chi connectivity index (χ0v) is 11.8. The summed E-state index contributed by atoms with van der Waals surface area (Å²) in [5, 5.41) is 3.39. The van der Waals surface area contributed by atoms with Crippen molar-refractivity contribution in [3.63, 3.8) is 0 Å². The lowest BCUT2D eigenvalue weighted by molar-refractivity contribution is 0.579. The first-order chi connectivity index (χ1) is 8.77. The Kier molecular flexibility index (Phi) is 4.31. The molecule has 18 heavy (non-hydrogen) atoms. The Morgan fingerprint density at radius 2 is 2.11 bits per heavy atom. The molecule has 0 spiro atoms. The fraction of sp³-hybridized carbons (Fsp3) is 0.429. The van der Waals surface area contributed by atoms with Crippen LogP contribution in [-0.4, -0.2) is 22.7 Å². The van der Waals surface area contributed by atoms with Gasteiger partial charge < -0.3 is 5.01 Å². The number of hydrogen-bond acceptors (Lipinski definition) is 3. The third kappa shape index (κ3) is 2.53. The summed E-state index contributed by atoms with van der Waals surface area (Å²) in [4.78, 5) is 4.47. The third-order valence-corrected chi connectivity index (χ3v) is 3.36. The van der Waals surface area contributed by atoms with Crippen LogP contribution in [-0.2, 0) is 0 Å². The van der Waals surface area contributed by atoms with Crippen LogP contribution in [0.5, 0.6) is 0 Å². The number of pyridine rings is 2. The second-order valence-corrected chi connectivity index (χ2v) is 4.72. The number of hydrogen-bond donors (Lipinski definition) is 0. The van der Waals surface area contributed by atoms with Crippen LogP contribution < -0.4 is 5.01 Å². The lowest BCUT2D eigenvalue weighted by atomic mass is 10.3. The number of aromatic nitrogens is 2. The van der Waals surface area contributed by atoms with Crippen LogP contribution in [0.15, 0.2) is 30.5 Å². The van der Waals surface area contributed by atoms with Crippen molar-refractivity contribution in [3.8, 4) is 0 Å². The van der Waals surface area contributed by atoms with E-state index in [2.05, 4.69) is 34.6 Å². The fourth-order valence-corrected chi connectivity index (χ4v) is 2.34. The van der Waals surface area contributed by atoms with Crippen LogP contribution in [0.2, 0.25) is 0 Å². The van der Waals surface area contributed by atoms with Crippen LogP contribution in [0.1, 0.15) is 26.7 Å². The molecule has 3 nitrogen and oxygen atoms in total. The highest BCUT2D eigenvalue weighted by atomic mass is 32.1. The van der Waals surface area contributed by atoms with Crippen molar-refractivity contribution in [1.29, 1.82) is 0 Å². The summed E-state index contributed by atoms with van der Waals surface area (Å²) >= 11 is 5.45. The molecule has 4 heteroatoms. The molecule has 2 aromatic heterocycles. The first kappa shape index (κ1) is 13.0. The SMILES string of the molecule is CCCCN(CC)n1c(=S)ccc2cccnc21. The molecule has 0 atom stereocenters. The monoisotopic (exact) mass is 261 g/mol. The largest absolute Gasteiger partial charge is 0.310 e. The van der Waals surface area contributed by atoms with Crippen LogP contribution in [0, 0.1) is 4.64 Å². The van der Waals surface area contributed by atoms with E-state index in [1.165, 1.54) is 12.8 Å². The van der Waals surface area contributed by atoms with E-state index in [1.807, 2.05) is 24.4 Å². The molecular formula is C14H19N3S. The van der Waals surface area contributed by atoms with Gasteiger partial charge in [0.2, 0.25) is 0 Å². The van der Waals surface area contributed by atoms with E-state index in [9.17, 15) is 0 Å². The van der Waals surface area contributed by atoms with Crippen LogP contribution in [0.3, 0.4) is 0 Å². The molecule has 0 bridgehead atoms. The molecule has 0 unspecified atom stereocenters. The summed E-state index contributed by atoms with van der Waals surface area (Å²) in [6, 6.07) is 8.04. The highest BCUT2D eigenvalue weighted by molar-refractivity contribution is 7.71. The maximum atomic E-state index is 5.45. The minimum absolute atomic E-state index is 0.819. The van der Waals surface area contributed by atoms with Gasteiger partial charge in [0.1, 0.15) is 4.64 Å². The lowest BCUT2D eigenvalue weighted by Crippen LogP contribution is -2.36. The number of nitrogens with zero attached hydrogens (tertiary/aromatic N) is 3. The van der Waals surface area contributed by atoms with E-state index in [4.69, 9.17) is 12.2 Å². The molecule has 0 amide bonds. The molecule has 0 aliphatic heterocycles. The lowest BCUT2D eigenvalue weighted by Gasteiger charge is -2.26. The minimum atomic E-state index is 0.819. The molecule has 0 saturated carbocycles. The first-order valence-electron chi connectivity index (χ1n) is 6.50. The Hall–Kier alpha value is -1.42. The van der Waals surface area contributed by atoms with E-state index in [-0.39, 0.29) is 0 Å². The van der Waals surface area contributed by atoms with Crippen LogP contribution in [0.25, 0.3) is 11.0 Å². The van der Waals surface area contributed by atoms with Gasteiger partial charge in [0.15, 0.2) is 5.65 Å². The predicted molar refractivity (Wildman–Crippen MR) is 79.1 cm³/mol. The average molecular weight is 261 g/mol. The second kappa shape index (κ2) is 5.96. The number of fused-ring (bicyclic) bond motifs is 1. The van der Waals surface area contributed by atoms with Crippen molar-refractivity contribution in [3.05, 3.63) is 35.1 Å². The Bertz CT molecular complexity index is 577. The first-order valence-corrected chi connectivity index (χ1v) is 6.90. The fourth-order valence-electron chi connectivity index (χ4n) is 2.07. The van der Waals surface area contributed by atoms with Crippen LogP contribution >= 0.6 is 12.2 Å². The Morgan fingerprint density at radius 1 is 1.28 bits per heavy atom. The van der Waals surface area contributed by atoms with E-state index in [1.54, 1.807) is 0 Å². The Balaban J connectivity index is 2.53. The summed E-state index contributed by atoms with van der Waals surface area (Å²) in [6.45, 7) is 6.30. The molecule has 2 rings (SSSR count). The van der Waals surface area contributed by atoms with Gasteiger partial charge >= 0.3 is 0 Å². The van der Waals surface area contributed by atoms with E-state index < -0.39 is 0 Å². The van der Waals surface area contributed by atoms with Gasteiger partial charge in [0.05, 0.1) is 0 Å². The molecule has 0 fully saturated rings. The molecule has 96 valence electrons. The predicted octanol–water partition coefficient (Wildman–Crippen LogP) is 3.52. The summed E-state index contributed by atoms with van der Waals surface area (Å²) in [5.74, 6) is 0. The molecule has 2 aromatic rings. The van der Waals surface area contributed by atoms with Gasteiger partial charge in [-0.3, -0.25) is 0 Å². The normalized spacial score (nSPS) is 10.8. The van der Waals surface area contributed by atoms with Crippen molar-refractivity contribution in [2.45, 2.75) is 26.7 Å². The third-order valence-electron chi connectivity index (χ3n) is 3.05. The quantitative estimate of drug-likeness (QED) is 0.768. The highest BCUT2D eigenvalue weighted by Gasteiger charge is 2.07. The number of unbranched alkanes of at least 4 members (excludes halogenated alkanes) is 1. The van der Waals surface area contributed by atoms with Gasteiger partial charge in [-0.05, 0) is 37.6 Å². The van der Waals surface area contributed by atoms with E-state index >= 15 is 0 Å². The van der Waals surface area contributed by atoms with Gasteiger partial charge in [0.25, 0.3) is 0 Å². The molecule has 0 aliphatic carbocycles. The van der Waals surface area contributed by atoms with Gasteiger partial charge in [-0.15, -0.1) is 0 Å². The Morgan fingerprint density at radius 3 is 2.83 bits per heavy atom. The summed E-state index contributed by atoms with van der Waals surface area (Å²) < 4.78 is 2.89. The van der Waals surface area contributed by atoms with Crippen LogP contribution in [0.4, 0.5) is 0 Å². The summed E-state index contributed by atoms with van der Waals surface area (Å²) in [7, 11) is 0. The highest BCUT2D eigenvalue weighted by Crippen LogP contribution is 2.13. The topological polar surface area (TPSA) is 21.1 Å². The zero-order chi connectivity index (χ0) is 13.0. The summed E-state index contributed by atoms with van der Waals surface area (Å²) in [6.07, 6.45) is 4.17. The molecule has 2 heterocycles. The van der Waals surface area contributed by atoms with Crippen molar-refractivity contribution in [2.24, 2.45) is 0 Å². The second-order valence-electron chi connectivity index (χ2n) is 4.30. The van der Waals surface area contributed by atoms with Gasteiger partial charge in [-0.1, -0.05) is 25.6 Å². The van der Waals surface area contributed by atoms with Gasteiger partial charge in [-0.2, -0.15) is 0 Å². The molecule has 0 radical (unpaired) electrons. The molecule has 0 N–H and O–H groups in total. The molecule has 0 saturated heterocycles. The summed E-state index contributed by atoms with van der Waals surface area (Å²) in [5.41, 5.74) is 0.947.